The van der Waals surface area contributed by atoms with E-state index in [0.717, 1.165) is 16.5 Å². The van der Waals surface area contributed by atoms with Gasteiger partial charge in [0.25, 0.3) is 5.91 Å². The Bertz CT molecular complexity index is 1770. The molecule has 5 atom stereocenters. The Labute approximate surface area is 259 Å². The quantitative estimate of drug-likeness (QED) is 0.395. The first kappa shape index (κ1) is 28.5. The number of morpholine rings is 1. The summed E-state index contributed by atoms with van der Waals surface area (Å²) < 4.78 is 59.3. The van der Waals surface area contributed by atoms with Gasteiger partial charge in [-0.3, -0.25) is 19.3 Å². The lowest BCUT2D eigenvalue weighted by Crippen LogP contribution is -2.66. The van der Waals surface area contributed by atoms with E-state index in [2.05, 4.69) is 0 Å². The van der Waals surface area contributed by atoms with E-state index >= 15 is 4.39 Å². The third kappa shape index (κ3) is 4.61. The van der Waals surface area contributed by atoms with Crippen LogP contribution in [0, 0.1) is 17.6 Å². The van der Waals surface area contributed by atoms with Crippen LogP contribution in [0.4, 0.5) is 13.6 Å². The number of hydrogen-bond acceptors (Lipinski definition) is 10. The summed E-state index contributed by atoms with van der Waals surface area (Å²) in [4.78, 5) is 42.8. The van der Waals surface area contributed by atoms with E-state index < -0.39 is 59.5 Å². The van der Waals surface area contributed by atoms with Gasteiger partial charge in [-0.2, -0.15) is 0 Å². The van der Waals surface area contributed by atoms with Crippen LogP contribution in [0.3, 0.4) is 0 Å². The van der Waals surface area contributed by atoms with Gasteiger partial charge in [-0.05, 0) is 29.7 Å². The zero-order valence-electron chi connectivity index (χ0n) is 23.7. The highest BCUT2D eigenvalue weighted by Crippen LogP contribution is 2.45. The van der Waals surface area contributed by atoms with Gasteiger partial charge in [0.2, 0.25) is 11.2 Å². The molecule has 0 N–H and O–H groups in total. The molecule has 6 heterocycles. The van der Waals surface area contributed by atoms with Crippen LogP contribution >= 0.6 is 11.8 Å². The van der Waals surface area contributed by atoms with Crippen LogP contribution in [-0.2, 0) is 24.7 Å². The fraction of sp³-hybridized carbons (Fsp3) is 0.387. The third-order valence-electron chi connectivity index (χ3n) is 8.95. The Morgan fingerprint density at radius 2 is 1.87 bits per heavy atom. The molecule has 8 rings (SSSR count). The highest BCUT2D eigenvalue weighted by atomic mass is 32.2. The van der Waals surface area contributed by atoms with E-state index in [9.17, 15) is 18.8 Å². The normalized spacial score (nSPS) is 26.7. The molecule has 0 saturated carbocycles. The number of rotatable bonds is 3. The molecular formula is C31H27F2N3O8S. The predicted molar refractivity (Wildman–Crippen MR) is 153 cm³/mol. The number of carbonyl (C=O) groups excluding carboxylic acids is 2. The average Bonchev–Trinajstić information content (AvgIpc) is 3.62. The van der Waals surface area contributed by atoms with Gasteiger partial charge >= 0.3 is 6.16 Å². The van der Waals surface area contributed by atoms with Crippen molar-refractivity contribution in [2.24, 2.45) is 5.92 Å². The third-order valence-corrected chi connectivity index (χ3v) is 10.1. The Kier molecular flexibility index (Phi) is 7.04. The number of pyridine rings is 1. The maximum absolute atomic E-state index is 15.4. The molecule has 3 fully saturated rings. The summed E-state index contributed by atoms with van der Waals surface area (Å²) in [6.45, 7) is 1.13. The number of ether oxygens (including phenoxy) is 5. The number of halogens is 2. The van der Waals surface area contributed by atoms with Crippen LogP contribution < -0.4 is 15.2 Å². The van der Waals surface area contributed by atoms with E-state index in [1.165, 1.54) is 28.7 Å². The fourth-order valence-corrected chi connectivity index (χ4v) is 7.96. The number of fused-ring (bicyclic) bond motifs is 5. The van der Waals surface area contributed by atoms with E-state index in [1.807, 2.05) is 24.3 Å². The summed E-state index contributed by atoms with van der Waals surface area (Å²) in [5.41, 5.74) is 0.576. The van der Waals surface area contributed by atoms with Crippen molar-refractivity contribution in [2.45, 2.75) is 41.7 Å². The Balaban J connectivity index is 1.26. The van der Waals surface area contributed by atoms with E-state index in [0.29, 0.717) is 18.6 Å². The molecule has 1 amide bonds. The largest absolute Gasteiger partial charge is 0.514 e. The van der Waals surface area contributed by atoms with Gasteiger partial charge in [0.15, 0.2) is 23.6 Å². The number of nitrogens with zero attached hydrogens (tertiary/aromatic N) is 3. The molecule has 11 nitrogen and oxygen atoms in total. The molecule has 234 valence electrons. The topological polar surface area (TPSA) is 109 Å². The number of aromatic nitrogens is 1. The van der Waals surface area contributed by atoms with Crippen molar-refractivity contribution in [1.29, 1.82) is 0 Å². The summed E-state index contributed by atoms with van der Waals surface area (Å²) in [7, 11) is 0. The summed E-state index contributed by atoms with van der Waals surface area (Å²) in [6, 6.07) is 10.6. The summed E-state index contributed by atoms with van der Waals surface area (Å²) in [6.07, 6.45) is -0.873. The predicted octanol–water partition coefficient (Wildman–Crippen LogP) is 3.55. The van der Waals surface area contributed by atoms with Gasteiger partial charge in [-0.1, -0.05) is 24.3 Å². The summed E-state index contributed by atoms with van der Waals surface area (Å²) in [5, 5.41) is 1.81. The lowest BCUT2D eigenvalue weighted by molar-refractivity contribution is -0.0907. The second-order valence-corrected chi connectivity index (χ2v) is 12.3. The van der Waals surface area contributed by atoms with Crippen LogP contribution in [0.1, 0.15) is 39.6 Å². The monoisotopic (exact) mass is 639 g/mol. The molecule has 0 spiro atoms. The Morgan fingerprint density at radius 3 is 2.76 bits per heavy atom. The molecule has 2 aromatic carbocycles. The van der Waals surface area contributed by atoms with E-state index in [1.54, 1.807) is 16.0 Å². The summed E-state index contributed by atoms with van der Waals surface area (Å²) in [5.74, 6) is -2.93. The molecule has 0 unspecified atom stereocenters. The summed E-state index contributed by atoms with van der Waals surface area (Å²) >= 11 is 1.38. The molecule has 14 heteroatoms. The van der Waals surface area contributed by atoms with Gasteiger partial charge in [-0.25, -0.2) is 13.6 Å². The van der Waals surface area contributed by atoms with Crippen molar-refractivity contribution in [1.82, 2.24) is 9.58 Å². The molecule has 5 aliphatic rings. The second kappa shape index (κ2) is 11.1. The van der Waals surface area contributed by atoms with Crippen molar-refractivity contribution in [3.8, 4) is 5.75 Å². The lowest BCUT2D eigenvalue weighted by atomic mass is 9.93. The molecule has 5 aliphatic heterocycles. The number of thioether (sulfide) groups is 1. The lowest BCUT2D eigenvalue weighted by Gasteiger charge is -2.51. The first-order valence-electron chi connectivity index (χ1n) is 14.6. The molecule has 0 aliphatic carbocycles. The number of amides is 1. The maximum atomic E-state index is 15.4. The highest BCUT2D eigenvalue weighted by molar-refractivity contribution is 7.98. The van der Waals surface area contributed by atoms with Crippen LogP contribution in [0.2, 0.25) is 0 Å². The molecule has 0 bridgehead atoms. The molecule has 3 aromatic rings. The Hall–Kier alpha value is -3.98. The minimum absolute atomic E-state index is 0.104. The Morgan fingerprint density at radius 1 is 1.00 bits per heavy atom. The van der Waals surface area contributed by atoms with Crippen LogP contribution in [0.25, 0.3) is 0 Å². The van der Waals surface area contributed by atoms with Gasteiger partial charge < -0.3 is 28.6 Å². The smallest absolute Gasteiger partial charge is 0.428 e. The van der Waals surface area contributed by atoms with E-state index in [-0.39, 0.29) is 49.3 Å². The van der Waals surface area contributed by atoms with Gasteiger partial charge in [0.05, 0.1) is 38.4 Å². The van der Waals surface area contributed by atoms with Gasteiger partial charge in [-0.15, -0.1) is 11.8 Å². The number of carbonyl (C=O) groups is 2. The zero-order valence-corrected chi connectivity index (χ0v) is 24.5. The van der Waals surface area contributed by atoms with Crippen molar-refractivity contribution in [3.63, 3.8) is 0 Å². The molecule has 0 radical (unpaired) electrons. The maximum Gasteiger partial charge on any atom is 0.514 e. The van der Waals surface area contributed by atoms with Crippen molar-refractivity contribution < 1.29 is 42.1 Å². The molecule has 3 saturated heterocycles. The SMILES string of the molecule is O=C(Oc1c2n(ccc1=O)N([C@@H]1c3ccccc3SCc3c1ccc(F)c3F)[C@@H]1COCCN1C2=O)O[C@H]1CO[C@H]2OCC[C@H]21. The van der Waals surface area contributed by atoms with Crippen molar-refractivity contribution in [2.75, 3.05) is 38.0 Å². The molecule has 45 heavy (non-hydrogen) atoms. The van der Waals surface area contributed by atoms with E-state index in [4.69, 9.17) is 23.7 Å². The minimum Gasteiger partial charge on any atom is -0.428 e. The van der Waals surface area contributed by atoms with Crippen molar-refractivity contribution >= 4 is 23.8 Å². The van der Waals surface area contributed by atoms with Crippen molar-refractivity contribution in [3.05, 3.63) is 92.9 Å². The first-order valence-corrected chi connectivity index (χ1v) is 15.6. The number of hydrogen-bond donors (Lipinski definition) is 0. The van der Waals surface area contributed by atoms with Crippen LogP contribution in [0.15, 0.2) is 58.4 Å². The van der Waals surface area contributed by atoms with Gasteiger partial charge in [0.1, 0.15) is 12.3 Å². The fourth-order valence-electron chi connectivity index (χ4n) is 6.85. The van der Waals surface area contributed by atoms with Crippen LogP contribution in [-0.4, -0.2) is 73.2 Å². The molecular weight excluding hydrogens is 612 g/mol. The van der Waals surface area contributed by atoms with Gasteiger partial charge in [0, 0.05) is 35.0 Å². The zero-order chi connectivity index (χ0) is 30.8. The molecule has 1 aromatic heterocycles. The van der Waals surface area contributed by atoms with Crippen LogP contribution in [0.5, 0.6) is 5.75 Å². The highest BCUT2D eigenvalue weighted by Gasteiger charge is 2.48. The standard InChI is InChI=1S/C31H27F2N3O8S/c32-20-6-5-16-19(25(20)33)15-45-23-4-2-1-3-18(23)26(16)36-24-14-40-12-10-34(24)29(38)27-28(21(37)7-9-35(27)36)44-31(39)43-22-13-42-30-17(22)8-11-41-30/h1-7,9,17,22,24,26,30H,8,10-15H2/t17-,22-,24+,26-,30+/m0/s1. The average molecular weight is 640 g/mol. The first-order chi connectivity index (χ1) is 21.9. The second-order valence-electron chi connectivity index (χ2n) is 11.3. The minimum atomic E-state index is -1.15. The number of benzene rings is 2.